The summed E-state index contributed by atoms with van der Waals surface area (Å²) in [6, 6.07) is 4.01. The van der Waals surface area contributed by atoms with Crippen LogP contribution in [0.2, 0.25) is 0 Å². The van der Waals surface area contributed by atoms with Crippen LogP contribution in [0.3, 0.4) is 0 Å². The number of amides is 1. The lowest BCUT2D eigenvalue weighted by atomic mass is 10.2. The van der Waals surface area contributed by atoms with Gasteiger partial charge in [-0.15, -0.1) is 0 Å². The molecule has 0 fully saturated rings. The predicted octanol–water partition coefficient (Wildman–Crippen LogP) is 1.06. The van der Waals surface area contributed by atoms with Crippen molar-refractivity contribution in [3.63, 3.8) is 0 Å². The molecule has 90 valence electrons. The van der Waals surface area contributed by atoms with E-state index in [1.807, 2.05) is 0 Å². The number of hydrogen-bond donors (Lipinski definition) is 2. The molecule has 0 aromatic heterocycles. The summed E-state index contributed by atoms with van der Waals surface area (Å²) in [5.74, 6) is -1.59. The standard InChI is InChI=1S/C11H11FN2O3/c12-7-1-2-8-9(5-7)14(4-3-11(16)17)6-10(15)13-8/h1-2,5H,3-4,6H2,(H,13,15)(H,16,17). The average Bonchev–Trinajstić information content (AvgIpc) is 2.26. The number of hydrogen-bond acceptors (Lipinski definition) is 3. The number of carboxylic acids is 1. The summed E-state index contributed by atoms with van der Waals surface area (Å²) in [4.78, 5) is 23.4. The maximum Gasteiger partial charge on any atom is 0.305 e. The maximum absolute atomic E-state index is 13.1. The summed E-state index contributed by atoms with van der Waals surface area (Å²) in [6.45, 7) is 0.225. The highest BCUT2D eigenvalue weighted by molar-refractivity contribution is 6.01. The van der Waals surface area contributed by atoms with Crippen molar-refractivity contribution < 1.29 is 19.1 Å². The van der Waals surface area contributed by atoms with E-state index in [-0.39, 0.29) is 25.4 Å². The molecule has 0 spiro atoms. The zero-order chi connectivity index (χ0) is 12.4. The second-order valence-electron chi connectivity index (χ2n) is 3.77. The van der Waals surface area contributed by atoms with Gasteiger partial charge in [-0.1, -0.05) is 0 Å². The Morgan fingerprint density at radius 3 is 3.00 bits per heavy atom. The lowest BCUT2D eigenvalue weighted by molar-refractivity contribution is -0.136. The first-order valence-corrected chi connectivity index (χ1v) is 5.12. The van der Waals surface area contributed by atoms with Crippen LogP contribution in [0.15, 0.2) is 18.2 Å². The first kappa shape index (κ1) is 11.4. The molecule has 1 aliphatic rings. The minimum absolute atomic E-state index is 0.0454. The van der Waals surface area contributed by atoms with Crippen molar-refractivity contribution in [2.24, 2.45) is 0 Å². The van der Waals surface area contributed by atoms with Crippen LogP contribution < -0.4 is 10.2 Å². The lowest BCUT2D eigenvalue weighted by Crippen LogP contribution is -2.39. The van der Waals surface area contributed by atoms with Crippen LogP contribution in [0.25, 0.3) is 0 Å². The van der Waals surface area contributed by atoms with Crippen molar-refractivity contribution >= 4 is 23.3 Å². The van der Waals surface area contributed by atoms with Crippen LogP contribution in [0.5, 0.6) is 0 Å². The van der Waals surface area contributed by atoms with Gasteiger partial charge in [0.2, 0.25) is 5.91 Å². The van der Waals surface area contributed by atoms with Gasteiger partial charge in [0.05, 0.1) is 24.3 Å². The molecular formula is C11H11FN2O3. The summed E-state index contributed by atoms with van der Waals surface area (Å²) in [7, 11) is 0. The molecule has 0 atom stereocenters. The summed E-state index contributed by atoms with van der Waals surface area (Å²) in [5, 5.41) is 11.2. The van der Waals surface area contributed by atoms with E-state index >= 15 is 0 Å². The van der Waals surface area contributed by atoms with Crippen molar-refractivity contribution in [3.8, 4) is 0 Å². The van der Waals surface area contributed by atoms with Gasteiger partial charge in [0.15, 0.2) is 0 Å². The van der Waals surface area contributed by atoms with E-state index in [0.29, 0.717) is 11.4 Å². The Morgan fingerprint density at radius 1 is 1.53 bits per heavy atom. The lowest BCUT2D eigenvalue weighted by Gasteiger charge is -2.30. The minimum Gasteiger partial charge on any atom is -0.481 e. The molecule has 0 saturated carbocycles. The number of nitrogens with one attached hydrogen (secondary N) is 1. The number of carbonyl (C=O) groups is 2. The summed E-state index contributed by atoms with van der Waals surface area (Å²) < 4.78 is 13.1. The Morgan fingerprint density at radius 2 is 2.29 bits per heavy atom. The molecule has 1 aliphatic heterocycles. The molecule has 17 heavy (non-hydrogen) atoms. The fourth-order valence-electron chi connectivity index (χ4n) is 1.75. The largest absolute Gasteiger partial charge is 0.481 e. The van der Waals surface area contributed by atoms with Gasteiger partial charge in [0, 0.05) is 6.54 Å². The summed E-state index contributed by atoms with van der Waals surface area (Å²) in [5.41, 5.74) is 1.03. The molecule has 1 heterocycles. The van der Waals surface area contributed by atoms with Gasteiger partial charge in [-0.3, -0.25) is 9.59 Å². The molecule has 1 aromatic carbocycles. The highest BCUT2D eigenvalue weighted by atomic mass is 19.1. The van der Waals surface area contributed by atoms with E-state index in [0.717, 1.165) is 0 Å². The third kappa shape index (κ3) is 2.52. The Hall–Kier alpha value is -2.11. The van der Waals surface area contributed by atoms with Crippen LogP contribution in [-0.2, 0) is 9.59 Å². The van der Waals surface area contributed by atoms with Gasteiger partial charge < -0.3 is 15.3 Å². The Bertz CT molecular complexity index is 476. The Labute approximate surface area is 96.8 Å². The first-order valence-electron chi connectivity index (χ1n) is 5.12. The second kappa shape index (κ2) is 4.40. The fourth-order valence-corrected chi connectivity index (χ4v) is 1.75. The van der Waals surface area contributed by atoms with Crippen molar-refractivity contribution in [1.82, 2.24) is 0 Å². The topological polar surface area (TPSA) is 69.6 Å². The SMILES string of the molecule is O=C(O)CCN1CC(=O)Nc2ccc(F)cc21. The molecule has 0 radical (unpaired) electrons. The van der Waals surface area contributed by atoms with Crippen LogP contribution in [0.1, 0.15) is 6.42 Å². The molecule has 5 nitrogen and oxygen atoms in total. The third-order valence-electron chi connectivity index (χ3n) is 2.50. The van der Waals surface area contributed by atoms with Gasteiger partial charge in [0.1, 0.15) is 5.82 Å². The van der Waals surface area contributed by atoms with E-state index < -0.39 is 11.8 Å². The average molecular weight is 238 g/mol. The Balaban J connectivity index is 2.26. The minimum atomic E-state index is -0.950. The molecule has 0 bridgehead atoms. The Kier molecular flexibility index (Phi) is 2.95. The highest BCUT2D eigenvalue weighted by Crippen LogP contribution is 2.29. The molecule has 2 N–H and O–H groups in total. The van der Waals surface area contributed by atoms with Crippen LogP contribution in [-0.4, -0.2) is 30.1 Å². The predicted molar refractivity (Wildman–Crippen MR) is 59.5 cm³/mol. The van der Waals surface area contributed by atoms with Crippen molar-refractivity contribution in [1.29, 1.82) is 0 Å². The van der Waals surface area contributed by atoms with Crippen molar-refractivity contribution in [2.75, 3.05) is 23.3 Å². The van der Waals surface area contributed by atoms with E-state index in [9.17, 15) is 14.0 Å². The number of rotatable bonds is 3. The van der Waals surface area contributed by atoms with E-state index in [1.54, 1.807) is 4.90 Å². The number of carbonyl (C=O) groups excluding carboxylic acids is 1. The quantitative estimate of drug-likeness (QED) is 0.826. The van der Waals surface area contributed by atoms with E-state index in [2.05, 4.69) is 5.32 Å². The van der Waals surface area contributed by atoms with E-state index in [4.69, 9.17) is 5.11 Å². The number of aliphatic carboxylic acids is 1. The van der Waals surface area contributed by atoms with Gasteiger partial charge in [-0.05, 0) is 18.2 Å². The summed E-state index contributed by atoms with van der Waals surface area (Å²) >= 11 is 0. The number of halogens is 1. The van der Waals surface area contributed by atoms with Gasteiger partial charge in [0.25, 0.3) is 0 Å². The zero-order valence-electron chi connectivity index (χ0n) is 8.94. The molecule has 1 aromatic rings. The van der Waals surface area contributed by atoms with Crippen molar-refractivity contribution in [3.05, 3.63) is 24.0 Å². The van der Waals surface area contributed by atoms with Crippen molar-refractivity contribution in [2.45, 2.75) is 6.42 Å². The van der Waals surface area contributed by atoms with Crippen LogP contribution in [0.4, 0.5) is 15.8 Å². The smallest absolute Gasteiger partial charge is 0.305 e. The normalized spacial score (nSPS) is 14.2. The molecule has 0 unspecified atom stereocenters. The van der Waals surface area contributed by atoms with Gasteiger partial charge >= 0.3 is 5.97 Å². The maximum atomic E-state index is 13.1. The highest BCUT2D eigenvalue weighted by Gasteiger charge is 2.22. The molecular weight excluding hydrogens is 227 g/mol. The van der Waals surface area contributed by atoms with Crippen LogP contribution >= 0.6 is 0 Å². The second-order valence-corrected chi connectivity index (χ2v) is 3.77. The number of benzene rings is 1. The molecule has 1 amide bonds. The van der Waals surface area contributed by atoms with Crippen LogP contribution in [0, 0.1) is 5.82 Å². The molecule has 0 saturated heterocycles. The fraction of sp³-hybridized carbons (Fsp3) is 0.273. The summed E-state index contributed by atoms with van der Waals surface area (Å²) in [6.07, 6.45) is -0.0940. The molecule has 0 aliphatic carbocycles. The number of carboxylic acid groups (broad SMARTS) is 1. The van der Waals surface area contributed by atoms with E-state index in [1.165, 1.54) is 18.2 Å². The number of nitrogens with zero attached hydrogens (tertiary/aromatic N) is 1. The number of anilines is 2. The molecule has 6 heteroatoms. The van der Waals surface area contributed by atoms with Gasteiger partial charge in [-0.25, -0.2) is 4.39 Å². The number of fused-ring (bicyclic) bond motifs is 1. The third-order valence-corrected chi connectivity index (χ3v) is 2.50. The van der Waals surface area contributed by atoms with Gasteiger partial charge in [-0.2, -0.15) is 0 Å². The monoisotopic (exact) mass is 238 g/mol. The zero-order valence-corrected chi connectivity index (χ0v) is 8.94. The first-order chi connectivity index (χ1) is 8.06. The molecule has 2 rings (SSSR count).